The Hall–Kier alpha value is -2.91. The highest BCUT2D eigenvalue weighted by molar-refractivity contribution is 6.28. The minimum atomic E-state index is -0.687. The topological polar surface area (TPSA) is 79.6 Å². The summed E-state index contributed by atoms with van der Waals surface area (Å²) in [6.45, 7) is 15.3. The second kappa shape index (κ2) is 9.28. The molecule has 3 aromatic rings. The van der Waals surface area contributed by atoms with Crippen molar-refractivity contribution in [1.29, 1.82) is 0 Å². The number of carbonyl (C=O) groups excluding carboxylic acids is 1. The van der Waals surface area contributed by atoms with Crippen LogP contribution in [0.15, 0.2) is 30.5 Å². The lowest BCUT2D eigenvalue weighted by Gasteiger charge is -2.33. The molecule has 9 nitrogen and oxygen atoms in total. The molecule has 188 valence electrons. The summed E-state index contributed by atoms with van der Waals surface area (Å²) in [5.41, 5.74) is 0.725. The average molecular weight is 500 g/mol. The summed E-state index contributed by atoms with van der Waals surface area (Å²) >= 11 is 6.36. The maximum atomic E-state index is 13.5. The fraction of sp³-hybridized carbons (Fsp3) is 0.520. The molecule has 1 aromatic carbocycles. The lowest BCUT2D eigenvalue weighted by Crippen LogP contribution is -2.45. The van der Waals surface area contributed by atoms with E-state index in [4.69, 9.17) is 16.3 Å². The average Bonchev–Trinajstić information content (AvgIpc) is 3.16. The highest BCUT2D eigenvalue weighted by Crippen LogP contribution is 2.33. The molecule has 0 N–H and O–H groups in total. The van der Waals surface area contributed by atoms with Gasteiger partial charge in [0.2, 0.25) is 5.28 Å². The van der Waals surface area contributed by atoms with Gasteiger partial charge in [-0.3, -0.25) is 4.68 Å². The molecule has 1 fully saturated rings. The zero-order valence-corrected chi connectivity index (χ0v) is 22.3. The Balaban J connectivity index is 1.79. The van der Waals surface area contributed by atoms with Crippen LogP contribution in [-0.2, 0) is 10.3 Å². The number of rotatable bonds is 3. The number of likely N-dealkylation sites (N-methyl/N-ethyl adjacent to an activating group) is 1. The predicted molar refractivity (Wildman–Crippen MR) is 140 cm³/mol. The molecule has 10 heteroatoms. The van der Waals surface area contributed by atoms with E-state index >= 15 is 0 Å². The van der Waals surface area contributed by atoms with Gasteiger partial charge < -0.3 is 14.5 Å². The van der Waals surface area contributed by atoms with Crippen LogP contribution in [0.1, 0.15) is 41.5 Å². The smallest absolute Gasteiger partial charge is 0.420 e. The number of piperazine rings is 1. The number of anilines is 3. The maximum Gasteiger partial charge on any atom is 0.420 e. The van der Waals surface area contributed by atoms with E-state index in [1.54, 1.807) is 12.3 Å². The minimum absolute atomic E-state index is 0.0756. The molecule has 2 aromatic heterocycles. The summed E-state index contributed by atoms with van der Waals surface area (Å²) < 4.78 is 7.73. The number of fused-ring (bicyclic) bond motifs is 1. The summed E-state index contributed by atoms with van der Waals surface area (Å²) in [6.07, 6.45) is 1.26. The van der Waals surface area contributed by atoms with E-state index in [9.17, 15) is 4.79 Å². The first kappa shape index (κ1) is 25.2. The number of carbonyl (C=O) groups is 1. The standard InChI is InChI=1S/C25H34ClN7O2/c1-24(2,3)33-19-9-8-18(14-17(19)16-27-33)32(23(34)35-25(4,5)6)21-15-20(28-22(26)29-21)31-12-10-30(7)11-13-31/h8-9,14-16H,10-13H2,1-7H3. The van der Waals surface area contributed by atoms with Crippen molar-refractivity contribution in [3.63, 3.8) is 0 Å². The SMILES string of the molecule is CN1CCN(c2cc(N(C(=O)OC(C)(C)C)c3ccc4c(cnn4C(C)(C)C)c3)nc(Cl)n2)CC1. The predicted octanol–water partition coefficient (Wildman–Crippen LogP) is 5.06. The molecular formula is C25H34ClN7O2. The van der Waals surface area contributed by atoms with E-state index in [0.717, 1.165) is 37.1 Å². The molecule has 1 amide bonds. The van der Waals surface area contributed by atoms with Crippen LogP contribution < -0.4 is 9.80 Å². The molecule has 1 aliphatic rings. The summed E-state index contributed by atoms with van der Waals surface area (Å²) in [5, 5.41) is 5.55. The fourth-order valence-corrected chi connectivity index (χ4v) is 4.21. The van der Waals surface area contributed by atoms with Crippen LogP contribution in [0, 0.1) is 0 Å². The number of aromatic nitrogens is 4. The van der Waals surface area contributed by atoms with Crippen LogP contribution in [0.3, 0.4) is 0 Å². The molecule has 0 atom stereocenters. The molecule has 4 rings (SSSR count). The van der Waals surface area contributed by atoms with Crippen molar-refractivity contribution in [2.75, 3.05) is 43.0 Å². The van der Waals surface area contributed by atoms with Gasteiger partial charge in [0.05, 0.1) is 22.9 Å². The molecular weight excluding hydrogens is 466 g/mol. The zero-order chi connectivity index (χ0) is 25.5. The first-order chi connectivity index (χ1) is 16.3. The molecule has 0 saturated carbocycles. The van der Waals surface area contributed by atoms with E-state index in [-0.39, 0.29) is 10.8 Å². The highest BCUT2D eigenvalue weighted by Gasteiger charge is 2.28. The highest BCUT2D eigenvalue weighted by atomic mass is 35.5. The molecule has 1 saturated heterocycles. The third-order valence-electron chi connectivity index (χ3n) is 5.75. The second-order valence-corrected chi connectivity index (χ2v) is 11.3. The number of halogens is 1. The summed E-state index contributed by atoms with van der Waals surface area (Å²) in [5.74, 6) is 1.04. The van der Waals surface area contributed by atoms with Gasteiger partial charge in [-0.05, 0) is 78.4 Å². The van der Waals surface area contributed by atoms with Crippen molar-refractivity contribution in [3.8, 4) is 0 Å². The first-order valence-electron chi connectivity index (χ1n) is 11.8. The van der Waals surface area contributed by atoms with Crippen molar-refractivity contribution in [2.45, 2.75) is 52.7 Å². The van der Waals surface area contributed by atoms with Gasteiger partial charge in [-0.25, -0.2) is 14.7 Å². The van der Waals surface area contributed by atoms with E-state index in [0.29, 0.717) is 17.3 Å². The Bertz CT molecular complexity index is 1220. The second-order valence-electron chi connectivity index (χ2n) is 10.9. The number of nitrogens with zero attached hydrogens (tertiary/aromatic N) is 7. The van der Waals surface area contributed by atoms with Crippen molar-refractivity contribution in [3.05, 3.63) is 35.7 Å². The molecule has 0 bridgehead atoms. The molecule has 0 spiro atoms. The number of hydrogen-bond acceptors (Lipinski definition) is 7. The summed E-state index contributed by atoms with van der Waals surface area (Å²) in [7, 11) is 2.10. The molecule has 35 heavy (non-hydrogen) atoms. The molecule has 0 aliphatic carbocycles. The Kier molecular flexibility index (Phi) is 6.68. The van der Waals surface area contributed by atoms with Gasteiger partial charge in [-0.2, -0.15) is 10.1 Å². The Labute approximate surface area is 211 Å². The van der Waals surface area contributed by atoms with Gasteiger partial charge in [0.15, 0.2) is 0 Å². The van der Waals surface area contributed by atoms with E-state index in [1.165, 1.54) is 4.90 Å². The molecule has 1 aliphatic heterocycles. The van der Waals surface area contributed by atoms with E-state index in [1.807, 2.05) is 43.7 Å². The minimum Gasteiger partial charge on any atom is -0.443 e. The Morgan fingerprint density at radius 3 is 2.34 bits per heavy atom. The number of benzene rings is 1. The van der Waals surface area contributed by atoms with Crippen LogP contribution in [-0.4, -0.2) is 69.6 Å². The van der Waals surface area contributed by atoms with Gasteiger partial charge in [0, 0.05) is 37.6 Å². The largest absolute Gasteiger partial charge is 0.443 e. The summed E-state index contributed by atoms with van der Waals surface area (Å²) in [4.78, 5) is 28.2. The van der Waals surface area contributed by atoms with Crippen LogP contribution in [0.4, 0.5) is 22.1 Å². The van der Waals surface area contributed by atoms with E-state index in [2.05, 4.69) is 52.7 Å². The Morgan fingerprint density at radius 2 is 1.71 bits per heavy atom. The fourth-order valence-electron chi connectivity index (χ4n) is 4.04. The molecule has 0 unspecified atom stereocenters. The Morgan fingerprint density at radius 1 is 1.03 bits per heavy atom. The monoisotopic (exact) mass is 499 g/mol. The molecule has 3 heterocycles. The maximum absolute atomic E-state index is 13.5. The number of amides is 1. The molecule has 0 radical (unpaired) electrons. The van der Waals surface area contributed by atoms with Crippen molar-refractivity contribution in [1.82, 2.24) is 24.6 Å². The van der Waals surface area contributed by atoms with Crippen LogP contribution in [0.25, 0.3) is 10.9 Å². The first-order valence-corrected chi connectivity index (χ1v) is 12.2. The third-order valence-corrected chi connectivity index (χ3v) is 5.92. The van der Waals surface area contributed by atoms with Crippen LogP contribution in [0.5, 0.6) is 0 Å². The van der Waals surface area contributed by atoms with Gasteiger partial charge >= 0.3 is 6.09 Å². The number of ether oxygens (including phenoxy) is 1. The van der Waals surface area contributed by atoms with Gasteiger partial charge in [-0.15, -0.1) is 0 Å². The normalized spacial score (nSPS) is 15.5. The van der Waals surface area contributed by atoms with Crippen molar-refractivity contribution >= 4 is 45.9 Å². The van der Waals surface area contributed by atoms with Crippen molar-refractivity contribution < 1.29 is 9.53 Å². The van der Waals surface area contributed by atoms with Gasteiger partial charge in [0.1, 0.15) is 17.2 Å². The lowest BCUT2D eigenvalue weighted by molar-refractivity contribution is 0.0598. The van der Waals surface area contributed by atoms with Gasteiger partial charge in [0.25, 0.3) is 0 Å². The van der Waals surface area contributed by atoms with E-state index < -0.39 is 11.7 Å². The number of hydrogen-bond donors (Lipinski definition) is 0. The van der Waals surface area contributed by atoms with Crippen LogP contribution >= 0.6 is 11.6 Å². The lowest BCUT2D eigenvalue weighted by atomic mass is 10.1. The van der Waals surface area contributed by atoms with Gasteiger partial charge in [-0.1, -0.05) is 0 Å². The third kappa shape index (κ3) is 5.67. The quantitative estimate of drug-likeness (QED) is 0.466. The zero-order valence-electron chi connectivity index (χ0n) is 21.5. The van der Waals surface area contributed by atoms with Crippen molar-refractivity contribution in [2.24, 2.45) is 0 Å². The van der Waals surface area contributed by atoms with Crippen LogP contribution in [0.2, 0.25) is 5.28 Å². The summed E-state index contributed by atoms with van der Waals surface area (Å²) in [6, 6.07) is 7.55.